The molecule has 3 amide bonds. The highest BCUT2D eigenvalue weighted by molar-refractivity contribution is 5.85. The first-order valence-corrected chi connectivity index (χ1v) is 15.5. The van der Waals surface area contributed by atoms with Crippen LogP contribution in [0.5, 0.6) is 0 Å². The van der Waals surface area contributed by atoms with E-state index in [-0.39, 0.29) is 48.6 Å². The summed E-state index contributed by atoms with van der Waals surface area (Å²) in [6.07, 6.45) is 1.79. The number of carboxylic acid groups (broad SMARTS) is 1. The molecule has 0 saturated carbocycles. The van der Waals surface area contributed by atoms with E-state index in [0.29, 0.717) is 19.4 Å². The molecule has 2 N–H and O–H groups in total. The number of hydrogen-bond acceptors (Lipinski definition) is 6. The minimum absolute atomic E-state index is 0.0278. The maximum Gasteiger partial charge on any atom is 0.326 e. The van der Waals surface area contributed by atoms with Gasteiger partial charge < -0.3 is 29.7 Å². The lowest BCUT2D eigenvalue weighted by molar-refractivity contribution is -0.147. The molecule has 0 spiro atoms. The minimum Gasteiger partial charge on any atom is -0.480 e. The van der Waals surface area contributed by atoms with Crippen LogP contribution in [0.2, 0.25) is 0 Å². The van der Waals surface area contributed by atoms with Crippen molar-refractivity contribution in [3.8, 4) is 0 Å². The molecule has 1 heterocycles. The Hall–Kier alpha value is -2.98. The lowest BCUT2D eigenvalue weighted by atomic mass is 9.90. The predicted molar refractivity (Wildman–Crippen MR) is 165 cm³/mol. The van der Waals surface area contributed by atoms with Gasteiger partial charge in [0.2, 0.25) is 17.7 Å². The van der Waals surface area contributed by atoms with Gasteiger partial charge in [-0.2, -0.15) is 0 Å². The van der Waals surface area contributed by atoms with Crippen molar-refractivity contribution >= 4 is 23.7 Å². The Morgan fingerprint density at radius 1 is 1.05 bits per heavy atom. The second-order valence-electron chi connectivity index (χ2n) is 12.3. The van der Waals surface area contributed by atoms with Crippen LogP contribution in [0, 0.1) is 17.8 Å². The third-order valence-electron chi connectivity index (χ3n) is 8.78. The summed E-state index contributed by atoms with van der Waals surface area (Å²) in [5, 5.41) is 12.5. The zero-order valence-corrected chi connectivity index (χ0v) is 27.2. The lowest BCUT2D eigenvalue weighted by Gasteiger charge is -2.39. The molecule has 1 fully saturated rings. The third-order valence-corrected chi connectivity index (χ3v) is 8.78. The number of amides is 3. The molecular formula is C33H53N3O7. The minimum atomic E-state index is -1.12. The molecule has 7 atom stereocenters. The van der Waals surface area contributed by atoms with Gasteiger partial charge in [-0.25, -0.2) is 4.79 Å². The number of benzene rings is 1. The van der Waals surface area contributed by atoms with E-state index in [2.05, 4.69) is 19.2 Å². The number of rotatable bonds is 17. The molecule has 1 saturated heterocycles. The number of aliphatic carboxylic acids is 1. The molecule has 0 bridgehead atoms. The van der Waals surface area contributed by atoms with Crippen LogP contribution < -0.4 is 5.32 Å². The Bertz CT molecular complexity index is 1050. The number of carboxylic acids is 1. The highest BCUT2D eigenvalue weighted by Crippen LogP contribution is 2.29. The standard InChI is InChI=1S/C33H53N3O7/c1-9-22(4)30(35(6)28(37)18-21(2)3)27(42-7)20-29(38)36-17-13-16-26(36)31(43-8)23(5)32(39)34-25(33(40)41)19-24-14-11-10-12-15-24/h10-12,14-15,21-23,25-27,30-31H,9,13,16-20H2,1-8H3,(H,34,39)(H,40,41)/t22-,23?,25-,26-,27?,30-,31+/m0/s1. The second kappa shape index (κ2) is 17.3. The fourth-order valence-corrected chi connectivity index (χ4v) is 6.17. The number of carbonyl (C=O) groups excluding carboxylic acids is 3. The van der Waals surface area contributed by atoms with Crippen LogP contribution in [0.3, 0.4) is 0 Å². The average Bonchev–Trinajstić information content (AvgIpc) is 3.46. The molecule has 43 heavy (non-hydrogen) atoms. The molecule has 0 radical (unpaired) electrons. The highest BCUT2D eigenvalue weighted by atomic mass is 16.5. The molecule has 1 aliphatic rings. The molecule has 0 aromatic heterocycles. The van der Waals surface area contributed by atoms with E-state index >= 15 is 0 Å². The zero-order chi connectivity index (χ0) is 32.3. The Labute approximate surface area is 257 Å². The van der Waals surface area contributed by atoms with Gasteiger partial charge in [-0.15, -0.1) is 0 Å². The first-order chi connectivity index (χ1) is 20.4. The number of likely N-dealkylation sites (tertiary alicyclic amines) is 1. The molecule has 10 heteroatoms. The van der Waals surface area contributed by atoms with E-state index in [1.54, 1.807) is 30.9 Å². The van der Waals surface area contributed by atoms with Crippen LogP contribution in [0.1, 0.15) is 72.3 Å². The van der Waals surface area contributed by atoms with Crippen molar-refractivity contribution in [1.82, 2.24) is 15.1 Å². The van der Waals surface area contributed by atoms with Crippen molar-refractivity contribution in [2.24, 2.45) is 17.8 Å². The molecule has 2 rings (SSSR count). The number of methoxy groups -OCH3 is 2. The topological polar surface area (TPSA) is 125 Å². The number of nitrogens with zero attached hydrogens (tertiary/aromatic N) is 2. The van der Waals surface area contributed by atoms with Gasteiger partial charge in [0, 0.05) is 40.7 Å². The molecule has 1 aromatic rings. The van der Waals surface area contributed by atoms with Gasteiger partial charge in [-0.3, -0.25) is 14.4 Å². The van der Waals surface area contributed by atoms with Crippen LogP contribution in [0.4, 0.5) is 0 Å². The van der Waals surface area contributed by atoms with Crippen molar-refractivity contribution in [2.45, 2.75) is 103 Å². The van der Waals surface area contributed by atoms with E-state index in [0.717, 1.165) is 18.4 Å². The van der Waals surface area contributed by atoms with Gasteiger partial charge in [0.25, 0.3) is 0 Å². The monoisotopic (exact) mass is 603 g/mol. The van der Waals surface area contributed by atoms with Gasteiger partial charge in [0.05, 0.1) is 36.6 Å². The molecule has 0 aliphatic carbocycles. The number of likely N-dealkylation sites (N-methyl/N-ethyl adjacent to an activating group) is 1. The molecule has 1 aliphatic heterocycles. The van der Waals surface area contributed by atoms with Crippen LogP contribution in [-0.4, -0.2) is 96.7 Å². The maximum absolute atomic E-state index is 13.8. The molecule has 2 unspecified atom stereocenters. The van der Waals surface area contributed by atoms with Crippen LogP contribution in [-0.2, 0) is 35.1 Å². The number of nitrogens with one attached hydrogen (secondary N) is 1. The van der Waals surface area contributed by atoms with Crippen molar-refractivity contribution in [3.05, 3.63) is 35.9 Å². The van der Waals surface area contributed by atoms with Crippen LogP contribution in [0.15, 0.2) is 30.3 Å². The van der Waals surface area contributed by atoms with Gasteiger partial charge >= 0.3 is 5.97 Å². The summed E-state index contributed by atoms with van der Waals surface area (Å²) < 4.78 is 11.7. The molecule has 242 valence electrons. The van der Waals surface area contributed by atoms with Gasteiger partial charge in [-0.1, -0.05) is 71.4 Å². The smallest absolute Gasteiger partial charge is 0.326 e. The van der Waals surface area contributed by atoms with E-state index in [1.165, 1.54) is 7.11 Å². The molecule has 10 nitrogen and oxygen atoms in total. The lowest BCUT2D eigenvalue weighted by Crippen LogP contribution is -2.54. The normalized spacial score (nSPS) is 19.3. The van der Waals surface area contributed by atoms with Gasteiger partial charge in [-0.05, 0) is 30.2 Å². The Morgan fingerprint density at radius 3 is 2.23 bits per heavy atom. The maximum atomic E-state index is 13.8. The van der Waals surface area contributed by atoms with Crippen molar-refractivity contribution < 1.29 is 33.8 Å². The summed E-state index contributed by atoms with van der Waals surface area (Å²) in [5.74, 6) is -2.02. The van der Waals surface area contributed by atoms with E-state index in [9.17, 15) is 24.3 Å². The summed E-state index contributed by atoms with van der Waals surface area (Å²) >= 11 is 0. The first-order valence-electron chi connectivity index (χ1n) is 15.5. The third kappa shape index (κ3) is 10.0. The quantitative estimate of drug-likeness (QED) is 0.278. The molecular weight excluding hydrogens is 550 g/mol. The predicted octanol–water partition coefficient (Wildman–Crippen LogP) is 3.76. The summed E-state index contributed by atoms with van der Waals surface area (Å²) in [4.78, 5) is 55.6. The largest absolute Gasteiger partial charge is 0.480 e. The Balaban J connectivity index is 2.18. The summed E-state index contributed by atoms with van der Waals surface area (Å²) in [5.41, 5.74) is 0.804. The summed E-state index contributed by atoms with van der Waals surface area (Å²) in [6, 6.07) is 7.43. The van der Waals surface area contributed by atoms with Crippen LogP contribution >= 0.6 is 0 Å². The highest BCUT2D eigenvalue weighted by Gasteiger charge is 2.42. The van der Waals surface area contributed by atoms with Crippen molar-refractivity contribution in [2.75, 3.05) is 27.8 Å². The summed E-state index contributed by atoms with van der Waals surface area (Å²) in [7, 11) is 4.88. The van der Waals surface area contributed by atoms with Crippen molar-refractivity contribution in [3.63, 3.8) is 0 Å². The fraction of sp³-hybridized carbons (Fsp3) is 0.697. The SMILES string of the molecule is CC[C@H](C)[C@@H](C(CC(=O)N1CCC[C@H]1[C@H](OC)C(C)C(=O)N[C@@H](Cc1ccccc1)C(=O)O)OC)N(C)C(=O)CC(C)C. The molecule has 1 aromatic carbocycles. The van der Waals surface area contributed by atoms with E-state index < -0.39 is 36.0 Å². The van der Waals surface area contributed by atoms with Crippen LogP contribution in [0.25, 0.3) is 0 Å². The van der Waals surface area contributed by atoms with Gasteiger partial charge in [0.15, 0.2) is 0 Å². The second-order valence-corrected chi connectivity index (χ2v) is 12.3. The number of ether oxygens (including phenoxy) is 2. The van der Waals surface area contributed by atoms with E-state index in [1.807, 2.05) is 44.2 Å². The first kappa shape index (κ1) is 36.2. The zero-order valence-electron chi connectivity index (χ0n) is 27.2. The summed E-state index contributed by atoms with van der Waals surface area (Å²) in [6.45, 7) is 10.4. The average molecular weight is 604 g/mol. The number of carbonyl (C=O) groups is 4. The van der Waals surface area contributed by atoms with E-state index in [4.69, 9.17) is 9.47 Å². The van der Waals surface area contributed by atoms with Crippen molar-refractivity contribution in [1.29, 1.82) is 0 Å². The fourth-order valence-electron chi connectivity index (χ4n) is 6.17. The van der Waals surface area contributed by atoms with Gasteiger partial charge in [0.1, 0.15) is 6.04 Å². The Morgan fingerprint density at radius 2 is 1.70 bits per heavy atom. The number of hydrogen-bond donors (Lipinski definition) is 2. The Kier molecular flexibility index (Phi) is 14.6.